The van der Waals surface area contributed by atoms with Crippen LogP contribution in [-0.2, 0) is 21.4 Å². The molecule has 1 saturated heterocycles. The molecular weight excluding hydrogens is 504 g/mol. The van der Waals surface area contributed by atoms with Crippen molar-refractivity contribution in [1.29, 1.82) is 0 Å². The van der Waals surface area contributed by atoms with Crippen molar-refractivity contribution >= 4 is 44.1 Å². The van der Waals surface area contributed by atoms with E-state index in [0.717, 1.165) is 36.8 Å². The van der Waals surface area contributed by atoms with Crippen molar-refractivity contribution in [2.45, 2.75) is 37.1 Å². The fourth-order valence-electron chi connectivity index (χ4n) is 4.51. The number of nitrogens with one attached hydrogen (secondary N) is 3. The van der Waals surface area contributed by atoms with Crippen molar-refractivity contribution in [3.8, 4) is 0 Å². The number of hydrazine groups is 1. The van der Waals surface area contributed by atoms with E-state index in [1.54, 1.807) is 42.3 Å². The van der Waals surface area contributed by atoms with Gasteiger partial charge in [0.25, 0.3) is 5.91 Å². The molecule has 0 bridgehead atoms. The van der Waals surface area contributed by atoms with Crippen LogP contribution in [0.2, 0.25) is 0 Å². The molecule has 0 radical (unpaired) electrons. The third-order valence-electron chi connectivity index (χ3n) is 6.59. The average molecular weight is 539 g/mol. The molecule has 1 heterocycles. The SMILES string of the molecule is CNc1ccc(CN(NC(=O)CNS(=O)(=O)c2cccc3ccccc23)C(=O)N2CCCCCC2)c(N)c1. The molecule has 0 aliphatic carbocycles. The van der Waals surface area contributed by atoms with Crippen LogP contribution in [0.4, 0.5) is 16.2 Å². The Morgan fingerprint density at radius 3 is 2.39 bits per heavy atom. The molecule has 4 rings (SSSR count). The Kier molecular flexibility index (Phi) is 8.70. The summed E-state index contributed by atoms with van der Waals surface area (Å²) in [5, 5.41) is 5.56. The molecule has 202 valence electrons. The normalized spacial score (nSPS) is 14.1. The van der Waals surface area contributed by atoms with Gasteiger partial charge in [0, 0.05) is 36.9 Å². The number of hydrogen-bond donors (Lipinski definition) is 4. The van der Waals surface area contributed by atoms with Crippen LogP contribution in [0.15, 0.2) is 65.6 Å². The molecule has 3 aromatic carbocycles. The zero-order valence-corrected chi connectivity index (χ0v) is 22.3. The fraction of sp³-hybridized carbons (Fsp3) is 0.333. The number of sulfonamides is 1. The summed E-state index contributed by atoms with van der Waals surface area (Å²) in [5.74, 6) is -0.664. The predicted molar refractivity (Wildman–Crippen MR) is 149 cm³/mol. The second-order valence-corrected chi connectivity index (χ2v) is 11.0. The summed E-state index contributed by atoms with van der Waals surface area (Å²) in [6.07, 6.45) is 3.86. The third-order valence-corrected chi connectivity index (χ3v) is 8.05. The Labute approximate surface area is 223 Å². The van der Waals surface area contributed by atoms with E-state index in [4.69, 9.17) is 5.73 Å². The fourth-order valence-corrected chi connectivity index (χ4v) is 5.72. The summed E-state index contributed by atoms with van der Waals surface area (Å²) in [7, 11) is -2.21. The van der Waals surface area contributed by atoms with E-state index < -0.39 is 22.5 Å². The van der Waals surface area contributed by atoms with Crippen LogP contribution in [0.1, 0.15) is 31.2 Å². The number of amides is 3. The van der Waals surface area contributed by atoms with E-state index in [2.05, 4.69) is 15.5 Å². The number of rotatable bonds is 7. The molecule has 1 fully saturated rings. The third kappa shape index (κ3) is 6.53. The molecule has 5 N–H and O–H groups in total. The first-order chi connectivity index (χ1) is 18.3. The Bertz CT molecular complexity index is 1400. The maximum atomic E-state index is 13.4. The van der Waals surface area contributed by atoms with Crippen molar-refractivity contribution in [1.82, 2.24) is 20.1 Å². The van der Waals surface area contributed by atoms with Crippen LogP contribution >= 0.6 is 0 Å². The highest BCUT2D eigenvalue weighted by Crippen LogP contribution is 2.23. The first-order valence-electron chi connectivity index (χ1n) is 12.7. The van der Waals surface area contributed by atoms with Gasteiger partial charge >= 0.3 is 6.03 Å². The Balaban J connectivity index is 1.50. The van der Waals surface area contributed by atoms with Crippen LogP contribution in [0.3, 0.4) is 0 Å². The second-order valence-electron chi connectivity index (χ2n) is 9.27. The lowest BCUT2D eigenvalue weighted by Crippen LogP contribution is -2.53. The zero-order valence-electron chi connectivity index (χ0n) is 21.4. The van der Waals surface area contributed by atoms with E-state index in [1.807, 2.05) is 24.3 Å². The standard InChI is InChI=1S/C27H34N6O4S/c1-29-22-14-13-21(24(28)17-22)19-33(27(35)32-15-6-2-3-7-16-32)31-26(34)18-30-38(36,37)25-12-8-10-20-9-4-5-11-23(20)25/h4-5,8-14,17,29-30H,2-3,6-7,15-16,18-19,28H2,1H3,(H,31,34). The number of nitrogens with two attached hydrogens (primary N) is 1. The lowest BCUT2D eigenvalue weighted by molar-refractivity contribution is -0.124. The maximum Gasteiger partial charge on any atom is 0.339 e. The van der Waals surface area contributed by atoms with Gasteiger partial charge in [-0.15, -0.1) is 0 Å². The maximum absolute atomic E-state index is 13.4. The number of nitrogens with zero attached hydrogens (tertiary/aromatic N) is 2. The van der Waals surface area contributed by atoms with Gasteiger partial charge in [0.15, 0.2) is 0 Å². The first-order valence-corrected chi connectivity index (χ1v) is 14.2. The van der Waals surface area contributed by atoms with Crippen LogP contribution < -0.4 is 21.2 Å². The highest BCUT2D eigenvalue weighted by molar-refractivity contribution is 7.89. The number of anilines is 2. The number of carbonyl (C=O) groups is 2. The van der Waals surface area contributed by atoms with Gasteiger partial charge in [-0.2, -0.15) is 0 Å². The van der Waals surface area contributed by atoms with Crippen LogP contribution in [0.5, 0.6) is 0 Å². The topological polar surface area (TPSA) is 137 Å². The van der Waals surface area contributed by atoms with Gasteiger partial charge in [-0.25, -0.2) is 22.9 Å². The van der Waals surface area contributed by atoms with Gasteiger partial charge < -0.3 is 16.0 Å². The molecule has 10 nitrogen and oxygen atoms in total. The van der Waals surface area contributed by atoms with Gasteiger partial charge in [0.05, 0.1) is 18.0 Å². The molecule has 0 spiro atoms. The molecule has 0 aromatic heterocycles. The van der Waals surface area contributed by atoms with E-state index in [0.29, 0.717) is 29.7 Å². The molecule has 3 amide bonds. The molecule has 1 aliphatic heterocycles. The van der Waals surface area contributed by atoms with Crippen molar-refractivity contribution in [2.24, 2.45) is 0 Å². The largest absolute Gasteiger partial charge is 0.398 e. The summed E-state index contributed by atoms with van der Waals surface area (Å²) in [6, 6.07) is 17.1. The van der Waals surface area contributed by atoms with E-state index >= 15 is 0 Å². The van der Waals surface area contributed by atoms with Crippen LogP contribution in [-0.4, -0.2) is 56.9 Å². The quantitative estimate of drug-likeness (QED) is 0.269. The molecule has 1 aliphatic rings. The average Bonchev–Trinajstić information content (AvgIpc) is 3.21. The Morgan fingerprint density at radius 2 is 1.68 bits per heavy atom. The van der Waals surface area contributed by atoms with Gasteiger partial charge in [-0.1, -0.05) is 55.3 Å². The molecule has 38 heavy (non-hydrogen) atoms. The Hall–Kier alpha value is -3.83. The number of carbonyl (C=O) groups excluding carboxylic acids is 2. The molecule has 0 atom stereocenters. The van der Waals surface area contributed by atoms with Gasteiger partial charge in [-0.3, -0.25) is 10.2 Å². The summed E-state index contributed by atoms with van der Waals surface area (Å²) in [6.45, 7) is 0.677. The second kappa shape index (κ2) is 12.1. The lowest BCUT2D eigenvalue weighted by atomic mass is 10.1. The highest BCUT2D eigenvalue weighted by Gasteiger charge is 2.25. The number of nitrogen functional groups attached to an aromatic ring is 1. The highest BCUT2D eigenvalue weighted by atomic mass is 32.2. The predicted octanol–water partition coefficient (Wildman–Crippen LogP) is 3.27. The van der Waals surface area contributed by atoms with Crippen molar-refractivity contribution in [3.05, 3.63) is 66.2 Å². The number of urea groups is 1. The van der Waals surface area contributed by atoms with E-state index in [9.17, 15) is 18.0 Å². The van der Waals surface area contributed by atoms with Crippen LogP contribution in [0, 0.1) is 0 Å². The van der Waals surface area contributed by atoms with Gasteiger partial charge in [-0.05, 0) is 42.0 Å². The monoisotopic (exact) mass is 538 g/mol. The van der Waals surface area contributed by atoms with Crippen molar-refractivity contribution < 1.29 is 18.0 Å². The summed E-state index contributed by atoms with van der Waals surface area (Å²) in [4.78, 5) is 28.2. The van der Waals surface area contributed by atoms with E-state index in [1.165, 1.54) is 11.1 Å². The van der Waals surface area contributed by atoms with E-state index in [-0.39, 0.29) is 17.5 Å². The summed E-state index contributed by atoms with van der Waals surface area (Å²) >= 11 is 0. The summed E-state index contributed by atoms with van der Waals surface area (Å²) < 4.78 is 28.5. The van der Waals surface area contributed by atoms with Gasteiger partial charge in [0.2, 0.25) is 10.0 Å². The Morgan fingerprint density at radius 1 is 0.974 bits per heavy atom. The molecule has 0 unspecified atom stereocenters. The molecule has 0 saturated carbocycles. The smallest absolute Gasteiger partial charge is 0.339 e. The minimum Gasteiger partial charge on any atom is -0.398 e. The molecular formula is C27H34N6O4S. The zero-order chi connectivity index (χ0) is 27.1. The first kappa shape index (κ1) is 27.2. The minimum atomic E-state index is -3.99. The molecule has 3 aromatic rings. The number of likely N-dealkylation sites (tertiary alicyclic amines) is 1. The number of fused-ring (bicyclic) bond motifs is 1. The minimum absolute atomic E-state index is 0.0347. The summed E-state index contributed by atoms with van der Waals surface area (Å²) in [5.41, 5.74) is 10.8. The van der Waals surface area contributed by atoms with Crippen LogP contribution in [0.25, 0.3) is 10.8 Å². The number of benzene rings is 3. The van der Waals surface area contributed by atoms with Crippen molar-refractivity contribution in [2.75, 3.05) is 37.7 Å². The van der Waals surface area contributed by atoms with Gasteiger partial charge in [0.1, 0.15) is 0 Å². The van der Waals surface area contributed by atoms with Crippen molar-refractivity contribution in [3.63, 3.8) is 0 Å². The lowest BCUT2D eigenvalue weighted by Gasteiger charge is -2.30. The molecule has 11 heteroatoms. The number of hydrogen-bond acceptors (Lipinski definition) is 6.